The molecule has 166 valence electrons. The lowest BCUT2D eigenvalue weighted by Crippen LogP contribution is -2.58. The van der Waals surface area contributed by atoms with Gasteiger partial charge in [0.1, 0.15) is 0 Å². The Morgan fingerprint density at radius 2 is 2.00 bits per heavy atom. The largest absolute Gasteiger partial charge is 0.392 e. The number of rotatable bonds is 6. The molecule has 0 radical (unpaired) electrons. The summed E-state index contributed by atoms with van der Waals surface area (Å²) in [5.74, 6) is 0.496. The van der Waals surface area contributed by atoms with Gasteiger partial charge in [-0.05, 0) is 73.1 Å². The second-order valence-corrected chi connectivity index (χ2v) is 11.3. The molecule has 2 amide bonds. The fourth-order valence-corrected chi connectivity index (χ4v) is 6.73. The van der Waals surface area contributed by atoms with E-state index >= 15 is 0 Å². The Hall–Kier alpha value is -1.40. The van der Waals surface area contributed by atoms with E-state index in [2.05, 4.69) is 24.5 Å². The third kappa shape index (κ3) is 4.31. The lowest BCUT2D eigenvalue weighted by atomic mass is 9.51. The summed E-state index contributed by atoms with van der Waals surface area (Å²) in [6.45, 7) is 7.00. The minimum atomic E-state index is -0.512. The van der Waals surface area contributed by atoms with Crippen molar-refractivity contribution in [1.82, 2.24) is 10.6 Å². The highest BCUT2D eigenvalue weighted by molar-refractivity contribution is 7.09. The van der Waals surface area contributed by atoms with Crippen molar-refractivity contribution >= 4 is 23.2 Å². The molecule has 3 fully saturated rings. The summed E-state index contributed by atoms with van der Waals surface area (Å²) in [6, 6.07) is 4.15. The van der Waals surface area contributed by atoms with Crippen LogP contribution in [0.2, 0.25) is 0 Å². The molecule has 1 aromatic heterocycles. The lowest BCUT2D eigenvalue weighted by Gasteiger charge is -2.56. The zero-order chi connectivity index (χ0) is 21.5. The number of nitrogens with one attached hydrogen (secondary N) is 2. The van der Waals surface area contributed by atoms with Gasteiger partial charge in [0.15, 0.2) is 0 Å². The van der Waals surface area contributed by atoms with Crippen LogP contribution in [0.1, 0.15) is 64.2 Å². The molecule has 3 aliphatic carbocycles. The molecule has 0 unspecified atom stereocenters. The maximum atomic E-state index is 12.8. The lowest BCUT2D eigenvalue weighted by molar-refractivity contribution is -0.144. The second-order valence-electron chi connectivity index (χ2n) is 10.2. The molecule has 3 aliphatic rings. The summed E-state index contributed by atoms with van der Waals surface area (Å²) < 4.78 is 0. The summed E-state index contributed by atoms with van der Waals surface area (Å²) in [4.78, 5) is 26.3. The predicted octanol–water partition coefficient (Wildman–Crippen LogP) is 3.72. The van der Waals surface area contributed by atoms with Gasteiger partial charge in [0.05, 0.1) is 12.6 Å². The molecule has 0 saturated heterocycles. The van der Waals surface area contributed by atoms with Gasteiger partial charge in [0, 0.05) is 22.8 Å². The van der Waals surface area contributed by atoms with E-state index in [9.17, 15) is 14.7 Å². The van der Waals surface area contributed by atoms with Crippen LogP contribution in [-0.4, -0.2) is 29.1 Å². The Morgan fingerprint density at radius 3 is 2.67 bits per heavy atom. The van der Waals surface area contributed by atoms with Crippen LogP contribution >= 0.6 is 11.3 Å². The normalized spacial score (nSPS) is 37.1. The van der Waals surface area contributed by atoms with E-state index in [0.29, 0.717) is 6.54 Å². The van der Waals surface area contributed by atoms with Gasteiger partial charge in [0.25, 0.3) is 0 Å². The van der Waals surface area contributed by atoms with Gasteiger partial charge in [-0.2, -0.15) is 0 Å². The van der Waals surface area contributed by atoms with Gasteiger partial charge in [0.2, 0.25) is 11.8 Å². The number of amides is 2. The topological polar surface area (TPSA) is 78.4 Å². The van der Waals surface area contributed by atoms with Crippen LogP contribution in [0.3, 0.4) is 0 Å². The van der Waals surface area contributed by atoms with E-state index in [1.54, 1.807) is 11.3 Å². The van der Waals surface area contributed by atoms with Gasteiger partial charge in [-0.25, -0.2) is 0 Å². The van der Waals surface area contributed by atoms with E-state index < -0.39 is 6.10 Å². The van der Waals surface area contributed by atoms with Crippen LogP contribution in [0, 0.1) is 35.0 Å². The molecule has 7 atom stereocenters. The molecule has 0 aliphatic heterocycles. The Labute approximate surface area is 184 Å². The second kappa shape index (κ2) is 8.62. The Morgan fingerprint density at radius 1 is 1.27 bits per heavy atom. The van der Waals surface area contributed by atoms with Gasteiger partial charge in [-0.1, -0.05) is 26.8 Å². The predicted molar refractivity (Wildman–Crippen MR) is 119 cm³/mol. The molecule has 4 rings (SSSR count). The van der Waals surface area contributed by atoms with E-state index in [-0.39, 0.29) is 52.9 Å². The number of fused-ring (bicyclic) bond motifs is 1. The van der Waals surface area contributed by atoms with Crippen molar-refractivity contribution in [2.45, 2.75) is 78.0 Å². The highest BCUT2D eigenvalue weighted by atomic mass is 32.1. The highest BCUT2D eigenvalue weighted by Gasteiger charge is 2.54. The highest BCUT2D eigenvalue weighted by Crippen LogP contribution is 2.55. The van der Waals surface area contributed by atoms with Crippen LogP contribution in [0.25, 0.3) is 0 Å². The first-order valence-electron chi connectivity index (χ1n) is 11.6. The summed E-state index contributed by atoms with van der Waals surface area (Å²) in [7, 11) is 0. The molecule has 1 heterocycles. The first kappa shape index (κ1) is 21.8. The number of aliphatic hydroxyl groups is 1. The summed E-state index contributed by atoms with van der Waals surface area (Å²) in [5, 5.41) is 19.8. The van der Waals surface area contributed by atoms with Crippen LogP contribution in [0.5, 0.6) is 0 Å². The van der Waals surface area contributed by atoms with Crippen molar-refractivity contribution in [2.24, 2.45) is 35.0 Å². The Bertz CT molecular complexity index is 763. The zero-order valence-corrected chi connectivity index (χ0v) is 19.2. The molecule has 0 spiro atoms. The van der Waals surface area contributed by atoms with Crippen molar-refractivity contribution in [3.63, 3.8) is 0 Å². The van der Waals surface area contributed by atoms with Crippen molar-refractivity contribution < 1.29 is 14.7 Å². The maximum Gasteiger partial charge on any atom is 0.223 e. The molecule has 0 aromatic carbocycles. The zero-order valence-electron chi connectivity index (χ0n) is 18.4. The minimum absolute atomic E-state index is 0.0260. The molecule has 3 N–H and O–H groups in total. The summed E-state index contributed by atoms with van der Waals surface area (Å²) >= 11 is 1.64. The van der Waals surface area contributed by atoms with Crippen LogP contribution in [-0.2, 0) is 16.1 Å². The first-order valence-corrected chi connectivity index (χ1v) is 12.5. The Balaban J connectivity index is 1.41. The molecule has 1 aromatic rings. The minimum Gasteiger partial charge on any atom is -0.392 e. The average molecular weight is 433 g/mol. The third-order valence-electron chi connectivity index (χ3n) is 8.24. The van der Waals surface area contributed by atoms with Gasteiger partial charge < -0.3 is 15.7 Å². The molecule has 6 heteroatoms. The van der Waals surface area contributed by atoms with E-state index in [1.165, 1.54) is 0 Å². The van der Waals surface area contributed by atoms with Gasteiger partial charge in [-0.15, -0.1) is 11.3 Å². The van der Waals surface area contributed by atoms with Gasteiger partial charge in [-0.3, -0.25) is 9.59 Å². The van der Waals surface area contributed by atoms with Crippen LogP contribution in [0.4, 0.5) is 0 Å². The summed E-state index contributed by atoms with van der Waals surface area (Å²) in [6.07, 6.45) is 5.44. The van der Waals surface area contributed by atoms with Gasteiger partial charge >= 0.3 is 0 Å². The van der Waals surface area contributed by atoms with E-state index in [4.69, 9.17) is 0 Å². The quantitative estimate of drug-likeness (QED) is 0.641. The Kier molecular flexibility index (Phi) is 6.27. The number of thiophene rings is 1. The number of hydrogen-bond acceptors (Lipinski definition) is 4. The smallest absolute Gasteiger partial charge is 0.223 e. The molecule has 30 heavy (non-hydrogen) atoms. The number of carbonyl (C=O) groups excluding carboxylic acids is 2. The molecule has 5 nitrogen and oxygen atoms in total. The fourth-order valence-electron chi connectivity index (χ4n) is 6.09. The molecule has 3 saturated carbocycles. The third-order valence-corrected chi connectivity index (χ3v) is 9.11. The van der Waals surface area contributed by atoms with Crippen molar-refractivity contribution in [3.05, 3.63) is 22.4 Å². The first-order chi connectivity index (χ1) is 14.3. The standard InChI is InChI=1S/C24H36N2O3S/c1-14(22(28)25-13-17-5-4-12-30-17)18-8-10-24(3)11-9-19(15(2)20(24)21(18)27)26-23(29)16-6-7-16/h4-5,12,14-16,18-21,27H,6-11,13H2,1-3H3,(H,25,28)(H,26,29)/t14-,15+,18-,19-,20+,21-,24-/m0/s1. The number of carbonyl (C=O) groups is 2. The van der Waals surface area contributed by atoms with Crippen molar-refractivity contribution in [3.8, 4) is 0 Å². The van der Waals surface area contributed by atoms with Crippen molar-refractivity contribution in [2.75, 3.05) is 0 Å². The number of aliphatic hydroxyl groups excluding tert-OH is 1. The SMILES string of the molecule is C[C@H]1[C@@H]2[C@@H](O)[C@H]([C@H](C)C(=O)NCc3cccs3)CC[C@@]2(C)CC[C@@H]1NC(=O)C1CC1. The monoisotopic (exact) mass is 432 g/mol. The average Bonchev–Trinajstić information content (AvgIpc) is 3.44. The van der Waals surface area contributed by atoms with Crippen LogP contribution in [0.15, 0.2) is 17.5 Å². The molecule has 0 bridgehead atoms. The fraction of sp³-hybridized carbons (Fsp3) is 0.750. The van der Waals surface area contributed by atoms with E-state index in [0.717, 1.165) is 43.4 Å². The van der Waals surface area contributed by atoms with Crippen LogP contribution < -0.4 is 10.6 Å². The maximum absolute atomic E-state index is 12.8. The molecular formula is C24H36N2O3S. The van der Waals surface area contributed by atoms with E-state index in [1.807, 2.05) is 24.4 Å². The summed E-state index contributed by atoms with van der Waals surface area (Å²) in [5.41, 5.74) is 0.0866. The number of hydrogen-bond donors (Lipinski definition) is 3. The van der Waals surface area contributed by atoms with Crippen molar-refractivity contribution in [1.29, 1.82) is 0 Å². The molecular weight excluding hydrogens is 396 g/mol.